The van der Waals surface area contributed by atoms with Gasteiger partial charge in [-0.15, -0.1) is 0 Å². The summed E-state index contributed by atoms with van der Waals surface area (Å²) in [6.45, 7) is 6.53. The fourth-order valence-corrected chi connectivity index (χ4v) is 3.67. The van der Waals surface area contributed by atoms with Gasteiger partial charge in [-0.05, 0) is 43.0 Å². The van der Waals surface area contributed by atoms with Gasteiger partial charge in [-0.3, -0.25) is 9.10 Å². The summed E-state index contributed by atoms with van der Waals surface area (Å²) >= 11 is 3.40. The molecule has 1 amide bonds. The zero-order chi connectivity index (χ0) is 19.0. The second kappa shape index (κ2) is 10.2. The number of halogens is 1. The standard InChI is InChI=1S/C18H29BrN2O3S/c1-5-7-8-15(6-2)12-20-18(22)13-21(25(4,23)24)16-9-10-17(19)14(3)11-16/h9-11,15H,5-8,12-13H2,1-4H3,(H,20,22)/t15-/m0/s1. The summed E-state index contributed by atoms with van der Waals surface area (Å²) in [6.07, 6.45) is 5.47. The molecule has 0 saturated carbocycles. The largest absolute Gasteiger partial charge is 0.354 e. The molecular formula is C18H29BrN2O3S. The molecule has 5 nitrogen and oxygen atoms in total. The third-order valence-corrected chi connectivity index (χ3v) is 6.28. The molecule has 142 valence electrons. The molecule has 0 aromatic heterocycles. The third kappa shape index (κ3) is 7.36. The maximum atomic E-state index is 12.3. The number of hydrogen-bond acceptors (Lipinski definition) is 3. The Balaban J connectivity index is 2.79. The summed E-state index contributed by atoms with van der Waals surface area (Å²) in [5.41, 5.74) is 1.41. The van der Waals surface area contributed by atoms with Gasteiger partial charge in [0.1, 0.15) is 6.54 Å². The number of unbranched alkanes of at least 4 members (excludes halogenated alkanes) is 1. The van der Waals surface area contributed by atoms with Gasteiger partial charge in [-0.1, -0.05) is 49.0 Å². The van der Waals surface area contributed by atoms with E-state index in [0.717, 1.165) is 46.3 Å². The number of amides is 1. The minimum absolute atomic E-state index is 0.204. The molecule has 0 heterocycles. The van der Waals surface area contributed by atoms with E-state index in [1.54, 1.807) is 18.2 Å². The van der Waals surface area contributed by atoms with Crippen molar-refractivity contribution in [1.82, 2.24) is 5.32 Å². The summed E-state index contributed by atoms with van der Waals surface area (Å²) in [6, 6.07) is 5.24. The van der Waals surface area contributed by atoms with Gasteiger partial charge >= 0.3 is 0 Å². The Labute approximate surface area is 160 Å². The van der Waals surface area contributed by atoms with Crippen molar-refractivity contribution in [3.8, 4) is 0 Å². The lowest BCUT2D eigenvalue weighted by Gasteiger charge is -2.23. The van der Waals surface area contributed by atoms with Crippen molar-refractivity contribution in [3.63, 3.8) is 0 Å². The highest BCUT2D eigenvalue weighted by molar-refractivity contribution is 9.10. The number of carbonyl (C=O) groups excluding carboxylic acids is 1. The first-order valence-corrected chi connectivity index (χ1v) is 11.3. The minimum Gasteiger partial charge on any atom is -0.354 e. The predicted molar refractivity (Wildman–Crippen MR) is 107 cm³/mol. The fraction of sp³-hybridized carbons (Fsp3) is 0.611. The van der Waals surface area contributed by atoms with Crippen molar-refractivity contribution in [2.24, 2.45) is 5.92 Å². The van der Waals surface area contributed by atoms with Gasteiger partial charge in [0.2, 0.25) is 15.9 Å². The molecule has 0 radical (unpaired) electrons. The number of nitrogens with zero attached hydrogens (tertiary/aromatic N) is 1. The molecule has 0 spiro atoms. The van der Waals surface area contributed by atoms with Crippen LogP contribution in [0.1, 0.15) is 45.1 Å². The maximum Gasteiger partial charge on any atom is 0.240 e. The predicted octanol–water partition coefficient (Wildman–Crippen LogP) is 3.86. The van der Waals surface area contributed by atoms with Gasteiger partial charge in [-0.2, -0.15) is 0 Å². The maximum absolute atomic E-state index is 12.3. The lowest BCUT2D eigenvalue weighted by Crippen LogP contribution is -2.41. The van der Waals surface area contributed by atoms with E-state index >= 15 is 0 Å². The Kier molecular flexibility index (Phi) is 8.93. The number of carbonyl (C=O) groups is 1. The molecular weight excluding hydrogens is 404 g/mol. The van der Waals surface area contributed by atoms with E-state index in [-0.39, 0.29) is 12.5 Å². The highest BCUT2D eigenvalue weighted by Gasteiger charge is 2.21. The normalized spacial score (nSPS) is 12.7. The van der Waals surface area contributed by atoms with E-state index in [1.165, 1.54) is 0 Å². The first-order valence-electron chi connectivity index (χ1n) is 8.69. The number of aryl methyl sites for hydroxylation is 1. The van der Waals surface area contributed by atoms with Crippen molar-refractivity contribution >= 4 is 37.5 Å². The molecule has 0 unspecified atom stereocenters. The van der Waals surface area contributed by atoms with Crippen molar-refractivity contribution in [1.29, 1.82) is 0 Å². The van der Waals surface area contributed by atoms with E-state index in [9.17, 15) is 13.2 Å². The average Bonchev–Trinajstić information content (AvgIpc) is 2.54. The van der Waals surface area contributed by atoms with E-state index in [4.69, 9.17) is 0 Å². The van der Waals surface area contributed by atoms with Gasteiger partial charge < -0.3 is 5.32 Å². The lowest BCUT2D eigenvalue weighted by atomic mass is 9.99. The average molecular weight is 433 g/mol. The number of benzene rings is 1. The Hall–Kier alpha value is -1.08. The molecule has 1 aromatic rings. The monoisotopic (exact) mass is 432 g/mol. The molecule has 0 bridgehead atoms. The van der Waals surface area contributed by atoms with Crippen LogP contribution in [0.25, 0.3) is 0 Å². The Morgan fingerprint density at radius 3 is 2.52 bits per heavy atom. The number of sulfonamides is 1. The summed E-state index contributed by atoms with van der Waals surface area (Å²) < 4.78 is 26.3. The molecule has 7 heteroatoms. The van der Waals surface area contributed by atoms with Crippen LogP contribution in [0.2, 0.25) is 0 Å². The second-order valence-electron chi connectivity index (χ2n) is 6.42. The molecule has 0 fully saturated rings. The summed E-state index contributed by atoms with van der Waals surface area (Å²) in [5, 5.41) is 2.89. The Bertz CT molecular complexity index is 677. The first-order chi connectivity index (χ1) is 11.7. The van der Waals surface area contributed by atoms with Crippen LogP contribution in [0.3, 0.4) is 0 Å². The van der Waals surface area contributed by atoms with Gasteiger partial charge in [-0.25, -0.2) is 8.42 Å². The van der Waals surface area contributed by atoms with Crippen LogP contribution in [0.5, 0.6) is 0 Å². The van der Waals surface area contributed by atoms with Crippen LogP contribution in [-0.4, -0.2) is 33.7 Å². The van der Waals surface area contributed by atoms with Crippen molar-refractivity contribution in [3.05, 3.63) is 28.2 Å². The fourth-order valence-electron chi connectivity index (χ4n) is 2.57. The molecule has 25 heavy (non-hydrogen) atoms. The third-order valence-electron chi connectivity index (χ3n) is 4.25. The second-order valence-corrected chi connectivity index (χ2v) is 9.18. The molecule has 0 aliphatic heterocycles. The smallest absolute Gasteiger partial charge is 0.240 e. The number of hydrogen-bond donors (Lipinski definition) is 1. The van der Waals surface area contributed by atoms with Crippen molar-refractivity contribution < 1.29 is 13.2 Å². The zero-order valence-corrected chi connectivity index (χ0v) is 17.9. The number of rotatable bonds is 10. The molecule has 1 rings (SSSR count). The quantitative estimate of drug-likeness (QED) is 0.610. The lowest BCUT2D eigenvalue weighted by molar-refractivity contribution is -0.119. The summed E-state index contributed by atoms with van der Waals surface area (Å²) in [7, 11) is -3.54. The minimum atomic E-state index is -3.54. The van der Waals surface area contributed by atoms with Crippen molar-refractivity contribution in [2.75, 3.05) is 23.7 Å². The molecule has 0 aliphatic carbocycles. The van der Waals surface area contributed by atoms with Gasteiger partial charge in [0.25, 0.3) is 0 Å². The summed E-state index contributed by atoms with van der Waals surface area (Å²) in [4.78, 5) is 12.3. The zero-order valence-electron chi connectivity index (χ0n) is 15.5. The van der Waals surface area contributed by atoms with Crippen LogP contribution in [0, 0.1) is 12.8 Å². The van der Waals surface area contributed by atoms with E-state index in [0.29, 0.717) is 18.2 Å². The van der Waals surface area contributed by atoms with Crippen LogP contribution < -0.4 is 9.62 Å². The number of nitrogens with one attached hydrogen (secondary N) is 1. The van der Waals surface area contributed by atoms with Crippen LogP contribution in [0.4, 0.5) is 5.69 Å². The van der Waals surface area contributed by atoms with Crippen LogP contribution in [-0.2, 0) is 14.8 Å². The molecule has 1 atom stereocenters. The SMILES string of the molecule is CCCC[C@H](CC)CNC(=O)CN(c1ccc(Br)c(C)c1)S(C)(=O)=O. The Morgan fingerprint density at radius 2 is 2.00 bits per heavy atom. The summed E-state index contributed by atoms with van der Waals surface area (Å²) in [5.74, 6) is 0.159. The van der Waals surface area contributed by atoms with Gasteiger partial charge in [0, 0.05) is 11.0 Å². The topological polar surface area (TPSA) is 66.5 Å². The molecule has 0 saturated heterocycles. The van der Waals surface area contributed by atoms with Gasteiger partial charge in [0.05, 0.1) is 11.9 Å². The molecule has 0 aliphatic rings. The highest BCUT2D eigenvalue weighted by Crippen LogP contribution is 2.24. The van der Waals surface area contributed by atoms with E-state index in [2.05, 4.69) is 35.1 Å². The van der Waals surface area contributed by atoms with E-state index in [1.807, 2.05) is 6.92 Å². The van der Waals surface area contributed by atoms with Crippen LogP contribution in [0.15, 0.2) is 22.7 Å². The molecule has 1 N–H and O–H groups in total. The highest BCUT2D eigenvalue weighted by atomic mass is 79.9. The van der Waals surface area contributed by atoms with Crippen molar-refractivity contribution in [2.45, 2.75) is 46.5 Å². The van der Waals surface area contributed by atoms with Crippen LogP contribution >= 0.6 is 15.9 Å². The van der Waals surface area contributed by atoms with Gasteiger partial charge in [0.15, 0.2) is 0 Å². The molecule has 1 aromatic carbocycles. The number of anilines is 1. The Morgan fingerprint density at radius 1 is 1.32 bits per heavy atom. The first kappa shape index (κ1) is 22.0. The van der Waals surface area contributed by atoms with E-state index < -0.39 is 10.0 Å².